The van der Waals surface area contributed by atoms with Crippen molar-refractivity contribution in [1.82, 2.24) is 9.71 Å². The van der Waals surface area contributed by atoms with Crippen LogP contribution in [0.2, 0.25) is 0 Å². The highest BCUT2D eigenvalue weighted by Gasteiger charge is 2.37. The molecule has 0 N–H and O–H groups in total. The van der Waals surface area contributed by atoms with E-state index < -0.39 is 23.4 Å². The number of hydrogen-bond donors (Lipinski definition) is 0. The number of halogens is 3. The number of nitrogens with zero attached hydrogens (tertiary/aromatic N) is 2. The minimum atomic E-state index is -4.75. The Kier molecular flexibility index (Phi) is 2.57. The molecule has 0 amide bonds. The molecule has 13 heavy (non-hydrogen) atoms. The lowest BCUT2D eigenvalue weighted by Crippen LogP contribution is -2.21. The summed E-state index contributed by atoms with van der Waals surface area (Å²) in [4.78, 5) is 2.88. The van der Waals surface area contributed by atoms with Crippen molar-refractivity contribution in [1.29, 1.82) is 0 Å². The Labute approximate surface area is 72.6 Å². The first-order chi connectivity index (χ1) is 5.91. The lowest BCUT2D eigenvalue weighted by molar-refractivity contribution is -0.151. The fourth-order valence-electron chi connectivity index (χ4n) is 0.616. The summed E-state index contributed by atoms with van der Waals surface area (Å²) in [6.45, 7) is 0. The Balaban J connectivity index is 2.96. The molecule has 0 aliphatic rings. The van der Waals surface area contributed by atoms with Crippen LogP contribution in [0.5, 0.6) is 0 Å². The predicted octanol–water partition coefficient (Wildman–Crippen LogP) is 0.125. The normalized spacial score (nSPS) is 14.2. The lowest BCUT2D eigenvalue weighted by atomic mass is 10.6. The van der Waals surface area contributed by atoms with Gasteiger partial charge in [-0.2, -0.15) is 17.9 Å². The van der Waals surface area contributed by atoms with Crippen molar-refractivity contribution in [3.8, 4) is 0 Å². The van der Waals surface area contributed by atoms with Crippen molar-refractivity contribution in [2.45, 2.75) is 6.18 Å². The quantitative estimate of drug-likeness (QED) is 0.657. The monoisotopic (exact) mass is 215 g/mol. The second kappa shape index (κ2) is 3.34. The molecule has 1 atom stereocenters. The molecule has 9 heteroatoms. The minimum absolute atomic E-state index is 0.0170. The average molecular weight is 215 g/mol. The largest absolute Gasteiger partial charge is 0.738 e. The zero-order chi connectivity index (χ0) is 10.1. The van der Waals surface area contributed by atoms with E-state index in [0.29, 0.717) is 0 Å². The maximum absolute atomic E-state index is 12.0. The summed E-state index contributed by atoms with van der Waals surface area (Å²) in [6, 6.07) is 0. The van der Waals surface area contributed by atoms with E-state index in [1.165, 1.54) is 0 Å². The molecule has 1 heterocycles. The summed E-state index contributed by atoms with van der Waals surface area (Å²) in [5.74, 6) is -1.43. The van der Waals surface area contributed by atoms with Crippen LogP contribution in [0.4, 0.5) is 13.2 Å². The molecule has 1 aromatic heterocycles. The lowest BCUT2D eigenvalue weighted by Gasteiger charge is -2.11. The van der Waals surface area contributed by atoms with E-state index in [4.69, 9.17) is 0 Å². The number of alkyl halides is 3. The summed E-state index contributed by atoms with van der Waals surface area (Å²) >= 11 is -3.07. The molecule has 0 aliphatic heterocycles. The molecular weight excluding hydrogens is 213 g/mol. The van der Waals surface area contributed by atoms with Crippen LogP contribution in [-0.4, -0.2) is 18.5 Å². The Morgan fingerprint density at radius 1 is 1.62 bits per heavy atom. The predicted molar refractivity (Wildman–Crippen MR) is 32.7 cm³/mol. The summed E-state index contributed by atoms with van der Waals surface area (Å²) in [7, 11) is 0. The highest BCUT2D eigenvalue weighted by molar-refractivity contribution is 7.74. The number of aromatic nitrogens is 2. The zero-order valence-electron chi connectivity index (χ0n) is 5.82. The SMILES string of the molecule is O=S([O-])On1ccnc1C(F)(F)F. The molecule has 0 bridgehead atoms. The van der Waals surface area contributed by atoms with Gasteiger partial charge in [0.05, 0.1) is 6.20 Å². The molecule has 0 radical (unpaired) electrons. The second-order valence-corrected chi connectivity index (χ2v) is 2.41. The van der Waals surface area contributed by atoms with E-state index in [-0.39, 0.29) is 4.73 Å². The fourth-order valence-corrected chi connectivity index (χ4v) is 0.867. The van der Waals surface area contributed by atoms with Crippen LogP contribution >= 0.6 is 0 Å². The van der Waals surface area contributed by atoms with Crippen LogP contribution in [0.25, 0.3) is 0 Å². The van der Waals surface area contributed by atoms with Gasteiger partial charge in [0.1, 0.15) is 0 Å². The molecule has 0 spiro atoms. The third-order valence-electron chi connectivity index (χ3n) is 1.00. The Hall–Kier alpha value is -1.09. The number of rotatable bonds is 2. The average Bonchev–Trinajstić information content (AvgIpc) is 2.31. The molecule has 0 aliphatic carbocycles. The molecule has 74 valence electrons. The maximum Gasteiger partial charge on any atom is 0.453 e. The molecule has 1 unspecified atom stereocenters. The first-order valence-corrected chi connectivity index (χ1v) is 3.80. The van der Waals surface area contributed by atoms with Gasteiger partial charge in [-0.1, -0.05) is 0 Å². The standard InChI is InChI=1S/C4H3F3N2O3S/c5-4(6,7)3-8-1-2-9(3)12-13(10)11/h1-2H,(H,10,11)/p-1. The van der Waals surface area contributed by atoms with Crippen LogP contribution in [0.3, 0.4) is 0 Å². The molecule has 0 saturated carbocycles. The first kappa shape index (κ1) is 9.99. The van der Waals surface area contributed by atoms with Gasteiger partial charge < -0.3 is 8.84 Å². The topological polar surface area (TPSA) is 67.2 Å². The zero-order valence-corrected chi connectivity index (χ0v) is 6.63. The number of hydrogen-bond acceptors (Lipinski definition) is 4. The van der Waals surface area contributed by atoms with Crippen LogP contribution in [0, 0.1) is 0 Å². The van der Waals surface area contributed by atoms with E-state index in [1.54, 1.807) is 0 Å². The smallest absolute Gasteiger partial charge is 0.453 e. The third kappa shape index (κ3) is 2.42. The summed E-state index contributed by atoms with van der Waals surface area (Å²) in [5.41, 5.74) is 0. The van der Waals surface area contributed by atoms with Gasteiger partial charge >= 0.3 is 6.18 Å². The van der Waals surface area contributed by atoms with E-state index in [2.05, 4.69) is 9.27 Å². The minimum Gasteiger partial charge on any atom is -0.738 e. The van der Waals surface area contributed by atoms with E-state index >= 15 is 0 Å². The summed E-state index contributed by atoms with van der Waals surface area (Å²) in [5, 5.41) is 0. The van der Waals surface area contributed by atoms with Gasteiger partial charge in [-0.3, -0.25) is 0 Å². The molecular formula is C4H2F3N2O3S-. The van der Waals surface area contributed by atoms with E-state index in [9.17, 15) is 21.9 Å². The van der Waals surface area contributed by atoms with Gasteiger partial charge in [0.15, 0.2) is 11.4 Å². The molecule has 5 nitrogen and oxygen atoms in total. The summed E-state index contributed by atoms with van der Waals surface area (Å²) < 4.78 is 59.5. The van der Waals surface area contributed by atoms with Crippen molar-refractivity contribution in [3.63, 3.8) is 0 Å². The van der Waals surface area contributed by atoms with Gasteiger partial charge in [0.2, 0.25) is 0 Å². The van der Waals surface area contributed by atoms with Gasteiger partial charge in [-0.25, -0.2) is 9.19 Å². The van der Waals surface area contributed by atoms with Gasteiger partial charge in [0, 0.05) is 6.20 Å². The second-order valence-electron chi connectivity index (χ2n) is 1.85. The van der Waals surface area contributed by atoms with E-state index in [1.807, 2.05) is 0 Å². The molecule has 0 aromatic carbocycles. The van der Waals surface area contributed by atoms with Crippen molar-refractivity contribution in [2.75, 3.05) is 0 Å². The van der Waals surface area contributed by atoms with Crippen molar-refractivity contribution >= 4 is 11.4 Å². The van der Waals surface area contributed by atoms with Gasteiger partial charge in [-0.05, 0) is 0 Å². The Bertz CT molecular complexity index is 323. The fraction of sp³-hybridized carbons (Fsp3) is 0.250. The van der Waals surface area contributed by atoms with Crippen molar-refractivity contribution in [3.05, 3.63) is 18.2 Å². The van der Waals surface area contributed by atoms with Crippen LogP contribution in [0.1, 0.15) is 5.82 Å². The van der Waals surface area contributed by atoms with Gasteiger partial charge in [-0.15, -0.1) is 0 Å². The third-order valence-corrected chi connectivity index (χ3v) is 1.28. The van der Waals surface area contributed by atoms with Crippen molar-refractivity contribution < 1.29 is 26.2 Å². The number of imidazole rings is 1. The van der Waals surface area contributed by atoms with Crippen molar-refractivity contribution in [2.24, 2.45) is 0 Å². The van der Waals surface area contributed by atoms with Crippen LogP contribution < -0.4 is 4.28 Å². The van der Waals surface area contributed by atoms with E-state index in [0.717, 1.165) is 12.4 Å². The Morgan fingerprint density at radius 2 is 2.23 bits per heavy atom. The first-order valence-electron chi connectivity index (χ1n) is 2.80. The molecule has 0 saturated heterocycles. The summed E-state index contributed by atoms with van der Waals surface area (Å²) in [6.07, 6.45) is -3.24. The Morgan fingerprint density at radius 3 is 2.69 bits per heavy atom. The van der Waals surface area contributed by atoms with Crippen LogP contribution in [0.15, 0.2) is 12.4 Å². The molecule has 1 rings (SSSR count). The highest BCUT2D eigenvalue weighted by Crippen LogP contribution is 2.26. The van der Waals surface area contributed by atoms with Gasteiger partial charge in [0.25, 0.3) is 5.82 Å². The highest BCUT2D eigenvalue weighted by atomic mass is 32.2. The van der Waals surface area contributed by atoms with Crippen LogP contribution in [-0.2, 0) is 17.5 Å². The molecule has 0 fully saturated rings. The maximum atomic E-state index is 12.0. The molecule has 1 aromatic rings.